The van der Waals surface area contributed by atoms with Crippen LogP contribution < -0.4 is 10.1 Å². The second kappa shape index (κ2) is 6.76. The molecule has 3 nitrogen and oxygen atoms in total. The highest BCUT2D eigenvalue weighted by molar-refractivity contribution is 5.28. The molecule has 0 aliphatic carbocycles. The normalized spacial score (nSPS) is 14.6. The fourth-order valence-corrected chi connectivity index (χ4v) is 2.21. The molecule has 0 heterocycles. The Hall–Kier alpha value is -1.06. The molecule has 1 aromatic rings. The number of rotatable bonds is 7. The second-order valence-electron chi connectivity index (χ2n) is 5.55. The van der Waals surface area contributed by atoms with Gasteiger partial charge in [-0.15, -0.1) is 0 Å². The van der Waals surface area contributed by atoms with Gasteiger partial charge in [0.2, 0.25) is 0 Å². The number of benzene rings is 1. The molecule has 0 fully saturated rings. The van der Waals surface area contributed by atoms with Crippen LogP contribution in [0.5, 0.6) is 5.75 Å². The quantitative estimate of drug-likeness (QED) is 0.782. The van der Waals surface area contributed by atoms with Gasteiger partial charge in [-0.1, -0.05) is 26.0 Å². The molecule has 0 spiro atoms. The van der Waals surface area contributed by atoms with Crippen molar-refractivity contribution in [3.8, 4) is 5.75 Å². The molecule has 0 saturated carbocycles. The molecule has 0 aromatic heterocycles. The average molecular weight is 251 g/mol. The van der Waals surface area contributed by atoms with Crippen LogP contribution in [0.25, 0.3) is 0 Å². The molecule has 0 radical (unpaired) electrons. The van der Waals surface area contributed by atoms with Crippen molar-refractivity contribution in [3.63, 3.8) is 0 Å². The predicted octanol–water partition coefficient (Wildman–Crippen LogP) is 2.58. The zero-order valence-corrected chi connectivity index (χ0v) is 11.9. The minimum Gasteiger partial charge on any atom is -0.497 e. The minimum absolute atomic E-state index is 0.499. The number of hydrogen-bond acceptors (Lipinski definition) is 3. The van der Waals surface area contributed by atoms with Crippen LogP contribution in [0.2, 0.25) is 0 Å². The molecule has 0 saturated heterocycles. The van der Waals surface area contributed by atoms with Gasteiger partial charge in [-0.3, -0.25) is 0 Å². The van der Waals surface area contributed by atoms with E-state index >= 15 is 0 Å². The Bertz CT molecular complexity index is 361. The van der Waals surface area contributed by atoms with Gasteiger partial charge < -0.3 is 15.2 Å². The number of aliphatic hydroxyl groups is 1. The van der Waals surface area contributed by atoms with Gasteiger partial charge in [0.05, 0.1) is 12.7 Å². The third kappa shape index (κ3) is 5.52. The Kier molecular flexibility index (Phi) is 5.63. The second-order valence-corrected chi connectivity index (χ2v) is 5.55. The van der Waals surface area contributed by atoms with E-state index in [2.05, 4.69) is 19.2 Å². The molecule has 102 valence electrons. The van der Waals surface area contributed by atoms with E-state index in [1.165, 1.54) is 0 Å². The first-order chi connectivity index (χ1) is 8.43. The molecular formula is C15H25NO2. The van der Waals surface area contributed by atoms with Crippen LogP contribution in [0.1, 0.15) is 32.8 Å². The zero-order chi connectivity index (χ0) is 13.6. The molecule has 0 aliphatic rings. The lowest BCUT2D eigenvalue weighted by atomic mass is 9.94. The molecule has 1 atom stereocenters. The summed E-state index contributed by atoms with van der Waals surface area (Å²) in [5, 5.41) is 13.5. The summed E-state index contributed by atoms with van der Waals surface area (Å²) >= 11 is 0. The Balaban J connectivity index is 2.41. The van der Waals surface area contributed by atoms with E-state index in [0.717, 1.165) is 24.3 Å². The van der Waals surface area contributed by atoms with Gasteiger partial charge in [-0.25, -0.2) is 0 Å². The van der Waals surface area contributed by atoms with Gasteiger partial charge in [0, 0.05) is 13.1 Å². The van der Waals surface area contributed by atoms with E-state index in [0.29, 0.717) is 12.5 Å². The Morgan fingerprint density at radius 2 is 2.11 bits per heavy atom. The van der Waals surface area contributed by atoms with Crippen LogP contribution in [0.15, 0.2) is 24.3 Å². The van der Waals surface area contributed by atoms with Crippen LogP contribution in [0, 0.1) is 5.92 Å². The number of hydrogen-bond donors (Lipinski definition) is 2. The Morgan fingerprint density at radius 3 is 2.72 bits per heavy atom. The number of methoxy groups -OCH3 is 1. The first-order valence-electron chi connectivity index (χ1n) is 6.49. The summed E-state index contributed by atoms with van der Waals surface area (Å²) in [6, 6.07) is 7.96. The van der Waals surface area contributed by atoms with Crippen LogP contribution >= 0.6 is 0 Å². The SMILES string of the molecule is COc1cccc(CNCC(C)(O)CC(C)C)c1. The van der Waals surface area contributed by atoms with Crippen molar-refractivity contribution >= 4 is 0 Å². The summed E-state index contributed by atoms with van der Waals surface area (Å²) in [4.78, 5) is 0. The fourth-order valence-electron chi connectivity index (χ4n) is 2.21. The van der Waals surface area contributed by atoms with Gasteiger partial charge >= 0.3 is 0 Å². The van der Waals surface area contributed by atoms with E-state index in [1.807, 2.05) is 31.2 Å². The van der Waals surface area contributed by atoms with Crippen molar-refractivity contribution in [3.05, 3.63) is 29.8 Å². The standard InChI is InChI=1S/C15H25NO2/c1-12(2)9-15(3,17)11-16-10-13-6-5-7-14(8-13)18-4/h5-8,12,16-17H,9-11H2,1-4H3. The monoisotopic (exact) mass is 251 g/mol. The first kappa shape index (κ1) is 15.0. The summed E-state index contributed by atoms with van der Waals surface area (Å²) in [6.07, 6.45) is 0.804. The van der Waals surface area contributed by atoms with Crippen LogP contribution in [0.3, 0.4) is 0 Å². The topological polar surface area (TPSA) is 41.5 Å². The average Bonchev–Trinajstić information content (AvgIpc) is 2.27. The minimum atomic E-state index is -0.646. The lowest BCUT2D eigenvalue weighted by molar-refractivity contribution is 0.0383. The number of ether oxygens (including phenoxy) is 1. The van der Waals surface area contributed by atoms with Crippen molar-refractivity contribution in [2.24, 2.45) is 5.92 Å². The third-order valence-electron chi connectivity index (χ3n) is 2.82. The molecule has 18 heavy (non-hydrogen) atoms. The fraction of sp³-hybridized carbons (Fsp3) is 0.600. The van der Waals surface area contributed by atoms with Gasteiger partial charge in [-0.05, 0) is 37.0 Å². The van der Waals surface area contributed by atoms with Gasteiger partial charge in [-0.2, -0.15) is 0 Å². The molecule has 0 bridgehead atoms. The van der Waals surface area contributed by atoms with Crippen molar-refractivity contribution in [2.45, 2.75) is 39.3 Å². The van der Waals surface area contributed by atoms with Gasteiger partial charge in [0.1, 0.15) is 5.75 Å². The summed E-state index contributed by atoms with van der Waals surface area (Å²) in [6.45, 7) is 7.46. The maximum Gasteiger partial charge on any atom is 0.119 e. The summed E-state index contributed by atoms with van der Waals surface area (Å²) in [5.41, 5.74) is 0.516. The van der Waals surface area contributed by atoms with Crippen molar-refractivity contribution in [1.82, 2.24) is 5.32 Å². The van der Waals surface area contributed by atoms with E-state index in [1.54, 1.807) is 7.11 Å². The molecule has 1 aromatic carbocycles. The summed E-state index contributed by atoms with van der Waals surface area (Å²) in [5.74, 6) is 1.36. The highest BCUT2D eigenvalue weighted by atomic mass is 16.5. The molecule has 0 amide bonds. The van der Waals surface area contributed by atoms with E-state index < -0.39 is 5.60 Å². The highest BCUT2D eigenvalue weighted by Crippen LogP contribution is 2.16. The largest absolute Gasteiger partial charge is 0.497 e. The highest BCUT2D eigenvalue weighted by Gasteiger charge is 2.20. The summed E-state index contributed by atoms with van der Waals surface area (Å²) < 4.78 is 5.18. The van der Waals surface area contributed by atoms with Crippen LogP contribution in [-0.4, -0.2) is 24.4 Å². The lowest BCUT2D eigenvalue weighted by Gasteiger charge is -2.25. The maximum absolute atomic E-state index is 10.2. The van der Waals surface area contributed by atoms with Gasteiger partial charge in [0.25, 0.3) is 0 Å². The van der Waals surface area contributed by atoms with E-state index in [-0.39, 0.29) is 0 Å². The van der Waals surface area contributed by atoms with Crippen molar-refractivity contribution in [2.75, 3.05) is 13.7 Å². The van der Waals surface area contributed by atoms with Crippen LogP contribution in [0.4, 0.5) is 0 Å². The predicted molar refractivity (Wildman–Crippen MR) is 74.8 cm³/mol. The molecule has 1 rings (SSSR count). The molecule has 1 unspecified atom stereocenters. The van der Waals surface area contributed by atoms with E-state index in [9.17, 15) is 5.11 Å². The van der Waals surface area contributed by atoms with Crippen molar-refractivity contribution < 1.29 is 9.84 Å². The third-order valence-corrected chi connectivity index (χ3v) is 2.82. The smallest absolute Gasteiger partial charge is 0.119 e. The van der Waals surface area contributed by atoms with Gasteiger partial charge in [0.15, 0.2) is 0 Å². The first-order valence-corrected chi connectivity index (χ1v) is 6.49. The zero-order valence-electron chi connectivity index (χ0n) is 11.9. The lowest BCUT2D eigenvalue weighted by Crippen LogP contribution is -2.38. The molecule has 0 aliphatic heterocycles. The van der Waals surface area contributed by atoms with E-state index in [4.69, 9.17) is 4.74 Å². The Labute approximate surface area is 110 Å². The van der Waals surface area contributed by atoms with Crippen molar-refractivity contribution in [1.29, 1.82) is 0 Å². The summed E-state index contributed by atoms with van der Waals surface area (Å²) in [7, 11) is 1.67. The number of nitrogens with one attached hydrogen (secondary N) is 1. The molecule has 3 heteroatoms. The Morgan fingerprint density at radius 1 is 1.39 bits per heavy atom. The maximum atomic E-state index is 10.2. The molecule has 2 N–H and O–H groups in total. The van der Waals surface area contributed by atoms with Crippen LogP contribution in [-0.2, 0) is 6.54 Å². The molecular weight excluding hydrogens is 226 g/mol.